The quantitative estimate of drug-likeness (QED) is 0.760. The summed E-state index contributed by atoms with van der Waals surface area (Å²) in [5.41, 5.74) is 1.05. The van der Waals surface area contributed by atoms with Gasteiger partial charge in [0.1, 0.15) is 5.75 Å². The molecule has 1 aromatic rings. The Balaban J connectivity index is 2.34. The van der Waals surface area contributed by atoms with Crippen LogP contribution in [0.3, 0.4) is 0 Å². The third-order valence-corrected chi connectivity index (χ3v) is 2.96. The van der Waals surface area contributed by atoms with E-state index in [-0.39, 0.29) is 11.8 Å². The molecule has 2 amide bonds. The number of amides is 2. The Hall–Kier alpha value is -1.13. The van der Waals surface area contributed by atoms with E-state index in [1.54, 1.807) is 17.0 Å². The van der Waals surface area contributed by atoms with Gasteiger partial charge in [0.15, 0.2) is 0 Å². The van der Waals surface area contributed by atoms with Gasteiger partial charge in [0.05, 0.1) is 0 Å². The maximum atomic E-state index is 11.8. The van der Waals surface area contributed by atoms with Gasteiger partial charge in [-0.25, -0.2) is 4.79 Å². The van der Waals surface area contributed by atoms with Gasteiger partial charge >= 0.3 is 6.03 Å². The number of aromatic hydroxyl groups is 1. The third kappa shape index (κ3) is 6.03. The van der Waals surface area contributed by atoms with Gasteiger partial charge in [-0.1, -0.05) is 12.1 Å². The summed E-state index contributed by atoms with van der Waals surface area (Å²) in [4.78, 5) is 13.4. The van der Waals surface area contributed by atoms with Gasteiger partial charge in [-0.15, -0.1) is 23.2 Å². The van der Waals surface area contributed by atoms with E-state index >= 15 is 0 Å². The molecule has 4 nitrogen and oxygen atoms in total. The number of phenols is 1. The number of benzene rings is 1. The fourth-order valence-electron chi connectivity index (χ4n) is 1.61. The Morgan fingerprint density at radius 1 is 1.16 bits per heavy atom. The molecule has 0 aliphatic rings. The predicted octanol–water partition coefficient (Wildman–Crippen LogP) is 2.42. The lowest BCUT2D eigenvalue weighted by molar-refractivity contribution is 0.204. The van der Waals surface area contributed by atoms with Crippen LogP contribution in [0.1, 0.15) is 5.56 Å². The molecule has 0 saturated heterocycles. The van der Waals surface area contributed by atoms with Crippen LogP contribution in [0.5, 0.6) is 5.75 Å². The number of rotatable bonds is 7. The molecular formula is C13H18Cl2N2O2. The molecule has 0 heterocycles. The zero-order valence-electron chi connectivity index (χ0n) is 10.6. The molecule has 1 aromatic carbocycles. The summed E-state index contributed by atoms with van der Waals surface area (Å²) in [6.45, 7) is 1.50. The van der Waals surface area contributed by atoms with Crippen molar-refractivity contribution in [2.24, 2.45) is 0 Å². The lowest BCUT2D eigenvalue weighted by Gasteiger charge is -2.20. The minimum atomic E-state index is -0.153. The van der Waals surface area contributed by atoms with Crippen molar-refractivity contribution >= 4 is 29.2 Å². The second kappa shape index (κ2) is 8.88. The number of halogens is 2. The van der Waals surface area contributed by atoms with Crippen LogP contribution in [-0.2, 0) is 6.42 Å². The molecule has 2 N–H and O–H groups in total. The minimum absolute atomic E-state index is 0.153. The van der Waals surface area contributed by atoms with E-state index in [2.05, 4.69) is 5.32 Å². The summed E-state index contributed by atoms with van der Waals surface area (Å²) in [5, 5.41) is 12.0. The zero-order valence-corrected chi connectivity index (χ0v) is 12.1. The van der Waals surface area contributed by atoms with Crippen molar-refractivity contribution in [1.29, 1.82) is 0 Å². The molecule has 0 saturated carbocycles. The van der Waals surface area contributed by atoms with Crippen molar-refractivity contribution in [2.75, 3.05) is 31.4 Å². The smallest absolute Gasteiger partial charge is 0.317 e. The van der Waals surface area contributed by atoms with E-state index in [4.69, 9.17) is 28.3 Å². The van der Waals surface area contributed by atoms with Crippen LogP contribution < -0.4 is 5.32 Å². The van der Waals surface area contributed by atoms with Crippen LogP contribution in [0.15, 0.2) is 24.3 Å². The Morgan fingerprint density at radius 2 is 1.74 bits per heavy atom. The Kier molecular flexibility index (Phi) is 7.45. The van der Waals surface area contributed by atoms with Gasteiger partial charge in [0, 0.05) is 31.4 Å². The summed E-state index contributed by atoms with van der Waals surface area (Å²) in [7, 11) is 0. The third-order valence-electron chi connectivity index (χ3n) is 2.62. The molecule has 0 radical (unpaired) electrons. The number of carbonyl (C=O) groups excluding carboxylic acids is 1. The molecule has 19 heavy (non-hydrogen) atoms. The van der Waals surface area contributed by atoms with Crippen molar-refractivity contribution < 1.29 is 9.90 Å². The molecule has 0 aliphatic heterocycles. The molecule has 0 aromatic heterocycles. The summed E-state index contributed by atoms with van der Waals surface area (Å²) in [6, 6.07) is 6.77. The lowest BCUT2D eigenvalue weighted by atomic mass is 10.1. The standard InChI is InChI=1S/C13H18Cl2N2O2/c14-6-9-17(10-7-15)13(19)16-8-5-11-1-3-12(18)4-2-11/h1-4,18H,5-10H2,(H,16,19). The van der Waals surface area contributed by atoms with E-state index in [9.17, 15) is 4.79 Å². The van der Waals surface area contributed by atoms with E-state index < -0.39 is 0 Å². The van der Waals surface area contributed by atoms with E-state index in [0.717, 1.165) is 5.56 Å². The van der Waals surface area contributed by atoms with Crippen LogP contribution in [0.2, 0.25) is 0 Å². The number of hydrogen-bond acceptors (Lipinski definition) is 2. The first-order valence-corrected chi connectivity index (χ1v) is 7.17. The molecular weight excluding hydrogens is 287 g/mol. The Bertz CT molecular complexity index is 379. The van der Waals surface area contributed by atoms with Crippen molar-refractivity contribution in [2.45, 2.75) is 6.42 Å². The van der Waals surface area contributed by atoms with Crippen molar-refractivity contribution in [3.05, 3.63) is 29.8 Å². The van der Waals surface area contributed by atoms with Crippen LogP contribution in [0.4, 0.5) is 4.79 Å². The second-order valence-electron chi connectivity index (χ2n) is 4.01. The number of alkyl halides is 2. The topological polar surface area (TPSA) is 52.6 Å². The number of carbonyl (C=O) groups is 1. The van der Waals surface area contributed by atoms with E-state index in [0.29, 0.717) is 37.8 Å². The Morgan fingerprint density at radius 3 is 2.26 bits per heavy atom. The average molecular weight is 305 g/mol. The molecule has 0 atom stereocenters. The first kappa shape index (κ1) is 15.9. The minimum Gasteiger partial charge on any atom is -0.508 e. The summed E-state index contributed by atoms with van der Waals surface area (Å²) in [6.07, 6.45) is 0.710. The predicted molar refractivity (Wildman–Crippen MR) is 78.2 cm³/mol. The highest BCUT2D eigenvalue weighted by molar-refractivity contribution is 6.18. The van der Waals surface area contributed by atoms with Crippen LogP contribution in [-0.4, -0.2) is 47.4 Å². The zero-order chi connectivity index (χ0) is 14.1. The van der Waals surface area contributed by atoms with Crippen molar-refractivity contribution in [3.63, 3.8) is 0 Å². The van der Waals surface area contributed by atoms with Gasteiger partial charge in [0.2, 0.25) is 0 Å². The molecule has 6 heteroatoms. The molecule has 1 rings (SSSR count). The maximum absolute atomic E-state index is 11.8. The van der Waals surface area contributed by atoms with Crippen LogP contribution in [0.25, 0.3) is 0 Å². The molecule has 0 unspecified atom stereocenters. The largest absolute Gasteiger partial charge is 0.508 e. The van der Waals surface area contributed by atoms with Gasteiger partial charge < -0.3 is 15.3 Å². The molecule has 0 fully saturated rings. The van der Waals surface area contributed by atoms with Gasteiger partial charge in [-0.2, -0.15) is 0 Å². The Labute approximate surface area is 123 Å². The SMILES string of the molecule is O=C(NCCc1ccc(O)cc1)N(CCCl)CCCl. The average Bonchev–Trinajstić information content (AvgIpc) is 2.40. The molecule has 0 aliphatic carbocycles. The lowest BCUT2D eigenvalue weighted by Crippen LogP contribution is -2.42. The normalized spacial score (nSPS) is 10.2. The number of nitrogens with one attached hydrogen (secondary N) is 1. The number of urea groups is 1. The maximum Gasteiger partial charge on any atom is 0.317 e. The van der Waals surface area contributed by atoms with Crippen LogP contribution in [0, 0.1) is 0 Å². The van der Waals surface area contributed by atoms with Crippen molar-refractivity contribution in [1.82, 2.24) is 10.2 Å². The van der Waals surface area contributed by atoms with E-state index in [1.807, 2.05) is 12.1 Å². The highest BCUT2D eigenvalue weighted by atomic mass is 35.5. The fraction of sp³-hybridized carbons (Fsp3) is 0.462. The fourth-order valence-corrected chi connectivity index (χ4v) is 2.02. The monoisotopic (exact) mass is 304 g/mol. The first-order valence-electron chi connectivity index (χ1n) is 6.10. The van der Waals surface area contributed by atoms with Gasteiger partial charge in [0.25, 0.3) is 0 Å². The first-order chi connectivity index (χ1) is 9.17. The summed E-state index contributed by atoms with van der Waals surface area (Å²) in [5.74, 6) is 1.02. The second-order valence-corrected chi connectivity index (χ2v) is 4.77. The van der Waals surface area contributed by atoms with Crippen LogP contribution >= 0.6 is 23.2 Å². The van der Waals surface area contributed by atoms with Gasteiger partial charge in [-0.05, 0) is 24.1 Å². The highest BCUT2D eigenvalue weighted by Gasteiger charge is 2.11. The number of hydrogen-bond donors (Lipinski definition) is 2. The molecule has 0 bridgehead atoms. The molecule has 0 spiro atoms. The summed E-state index contributed by atoms with van der Waals surface area (Å²) >= 11 is 11.3. The van der Waals surface area contributed by atoms with Crippen molar-refractivity contribution in [3.8, 4) is 5.75 Å². The number of phenolic OH excluding ortho intramolecular Hbond substituents is 1. The summed E-state index contributed by atoms with van der Waals surface area (Å²) < 4.78 is 0. The van der Waals surface area contributed by atoms with Gasteiger partial charge in [-0.3, -0.25) is 0 Å². The molecule has 106 valence electrons. The number of nitrogens with zero attached hydrogens (tertiary/aromatic N) is 1. The highest BCUT2D eigenvalue weighted by Crippen LogP contribution is 2.09. The van der Waals surface area contributed by atoms with E-state index in [1.165, 1.54) is 0 Å².